The number of aliphatic hydroxyl groups is 1. The van der Waals surface area contributed by atoms with Gasteiger partial charge in [0.2, 0.25) is 0 Å². The molecular formula is C13H16O3. The third kappa shape index (κ3) is 2.09. The van der Waals surface area contributed by atoms with Gasteiger partial charge in [-0.3, -0.25) is 4.79 Å². The van der Waals surface area contributed by atoms with E-state index in [0.717, 1.165) is 12.0 Å². The topological polar surface area (TPSA) is 46.5 Å². The molecule has 2 rings (SSSR count). The van der Waals surface area contributed by atoms with Crippen LogP contribution in [-0.2, 0) is 9.53 Å². The van der Waals surface area contributed by atoms with Gasteiger partial charge in [-0.2, -0.15) is 0 Å². The normalized spacial score (nSPS) is 27.2. The summed E-state index contributed by atoms with van der Waals surface area (Å²) in [7, 11) is 0. The molecule has 1 heterocycles. The van der Waals surface area contributed by atoms with Crippen molar-refractivity contribution in [2.75, 3.05) is 6.61 Å². The first-order valence-corrected chi connectivity index (χ1v) is 5.60. The van der Waals surface area contributed by atoms with Crippen LogP contribution >= 0.6 is 0 Å². The average molecular weight is 220 g/mol. The van der Waals surface area contributed by atoms with Gasteiger partial charge in [0.1, 0.15) is 0 Å². The van der Waals surface area contributed by atoms with Gasteiger partial charge in [-0.1, -0.05) is 37.3 Å². The van der Waals surface area contributed by atoms with Crippen molar-refractivity contribution in [1.82, 2.24) is 0 Å². The van der Waals surface area contributed by atoms with E-state index in [4.69, 9.17) is 4.74 Å². The molecule has 16 heavy (non-hydrogen) atoms. The predicted octanol–water partition coefficient (Wildman–Crippen LogP) is 1.92. The van der Waals surface area contributed by atoms with Crippen LogP contribution in [0, 0.1) is 11.8 Å². The number of aliphatic hydroxyl groups excluding tert-OH is 1. The molecule has 0 aromatic heterocycles. The second kappa shape index (κ2) is 4.66. The van der Waals surface area contributed by atoms with E-state index >= 15 is 0 Å². The Morgan fingerprint density at radius 3 is 2.69 bits per heavy atom. The Morgan fingerprint density at radius 1 is 1.38 bits per heavy atom. The molecule has 3 nitrogen and oxygen atoms in total. The standard InChI is InChI=1S/C13H16O3/c1-9-7-8-16-13(15)11(9)12(14)10-5-3-2-4-6-10/h2-6,9,11-12,14H,7-8H2,1H3/t9-,11-,12?/m1/s1. The number of rotatable bonds is 2. The van der Waals surface area contributed by atoms with E-state index in [0.29, 0.717) is 6.61 Å². The molecule has 0 amide bonds. The summed E-state index contributed by atoms with van der Waals surface area (Å²) in [6, 6.07) is 9.27. The van der Waals surface area contributed by atoms with Crippen molar-refractivity contribution in [3.05, 3.63) is 35.9 Å². The molecule has 1 fully saturated rings. The van der Waals surface area contributed by atoms with Crippen LogP contribution in [0.5, 0.6) is 0 Å². The quantitative estimate of drug-likeness (QED) is 0.774. The lowest BCUT2D eigenvalue weighted by Crippen LogP contribution is -2.35. The lowest BCUT2D eigenvalue weighted by atomic mass is 9.82. The second-order valence-corrected chi connectivity index (χ2v) is 4.31. The molecule has 1 unspecified atom stereocenters. The maximum Gasteiger partial charge on any atom is 0.312 e. The molecule has 3 heteroatoms. The molecule has 0 radical (unpaired) electrons. The summed E-state index contributed by atoms with van der Waals surface area (Å²) in [5.74, 6) is -0.553. The number of cyclic esters (lactones) is 1. The van der Waals surface area contributed by atoms with E-state index < -0.39 is 12.0 Å². The van der Waals surface area contributed by atoms with Gasteiger partial charge in [0.15, 0.2) is 0 Å². The van der Waals surface area contributed by atoms with Crippen molar-refractivity contribution in [3.8, 4) is 0 Å². The van der Waals surface area contributed by atoms with Crippen LogP contribution in [0.25, 0.3) is 0 Å². The lowest BCUT2D eigenvalue weighted by Gasteiger charge is -2.31. The van der Waals surface area contributed by atoms with Crippen LogP contribution in [0.3, 0.4) is 0 Å². The summed E-state index contributed by atoms with van der Waals surface area (Å²) < 4.78 is 5.00. The summed E-state index contributed by atoms with van der Waals surface area (Å²) >= 11 is 0. The molecule has 1 aromatic carbocycles. The Labute approximate surface area is 95.0 Å². The van der Waals surface area contributed by atoms with Gasteiger partial charge in [-0.25, -0.2) is 0 Å². The summed E-state index contributed by atoms with van der Waals surface area (Å²) in [5, 5.41) is 10.2. The van der Waals surface area contributed by atoms with E-state index in [9.17, 15) is 9.90 Å². The number of benzene rings is 1. The van der Waals surface area contributed by atoms with Gasteiger partial charge >= 0.3 is 5.97 Å². The monoisotopic (exact) mass is 220 g/mol. The van der Waals surface area contributed by atoms with E-state index in [2.05, 4.69) is 0 Å². The molecular weight excluding hydrogens is 204 g/mol. The smallest absolute Gasteiger partial charge is 0.312 e. The molecule has 1 N–H and O–H groups in total. The average Bonchev–Trinajstić information content (AvgIpc) is 2.30. The second-order valence-electron chi connectivity index (χ2n) is 4.31. The SMILES string of the molecule is C[C@@H]1CCOC(=O)[C@H]1C(O)c1ccccc1. The molecule has 3 atom stereocenters. The molecule has 0 bridgehead atoms. The fourth-order valence-electron chi connectivity index (χ4n) is 2.15. The van der Waals surface area contributed by atoms with Gasteiger partial charge in [0.05, 0.1) is 18.6 Å². The number of carbonyl (C=O) groups is 1. The minimum Gasteiger partial charge on any atom is -0.465 e. The molecule has 86 valence electrons. The highest BCUT2D eigenvalue weighted by molar-refractivity contribution is 5.74. The lowest BCUT2D eigenvalue weighted by molar-refractivity contribution is -0.162. The van der Waals surface area contributed by atoms with E-state index in [1.54, 1.807) is 0 Å². The zero-order valence-electron chi connectivity index (χ0n) is 9.30. The van der Waals surface area contributed by atoms with Gasteiger partial charge in [0.25, 0.3) is 0 Å². The Balaban J connectivity index is 2.20. The van der Waals surface area contributed by atoms with E-state index in [-0.39, 0.29) is 11.9 Å². The van der Waals surface area contributed by atoms with E-state index in [1.165, 1.54) is 0 Å². The summed E-state index contributed by atoms with van der Waals surface area (Å²) in [6.45, 7) is 2.45. The minimum atomic E-state index is -0.760. The first-order valence-electron chi connectivity index (χ1n) is 5.60. The third-order valence-corrected chi connectivity index (χ3v) is 3.18. The molecule has 0 spiro atoms. The van der Waals surface area contributed by atoms with E-state index in [1.807, 2.05) is 37.3 Å². The van der Waals surface area contributed by atoms with Gasteiger partial charge in [-0.05, 0) is 17.9 Å². The first-order chi connectivity index (χ1) is 7.70. The van der Waals surface area contributed by atoms with Gasteiger partial charge in [0, 0.05) is 0 Å². The summed E-state index contributed by atoms with van der Waals surface area (Å²) in [4.78, 5) is 11.6. The largest absolute Gasteiger partial charge is 0.465 e. The number of hydrogen-bond donors (Lipinski definition) is 1. The predicted molar refractivity (Wildman–Crippen MR) is 59.6 cm³/mol. The van der Waals surface area contributed by atoms with Gasteiger partial charge in [-0.15, -0.1) is 0 Å². The van der Waals surface area contributed by atoms with Gasteiger partial charge < -0.3 is 9.84 Å². The molecule has 1 aromatic rings. The Hall–Kier alpha value is -1.35. The van der Waals surface area contributed by atoms with Crippen molar-refractivity contribution in [1.29, 1.82) is 0 Å². The van der Waals surface area contributed by atoms with Crippen molar-refractivity contribution >= 4 is 5.97 Å². The fraction of sp³-hybridized carbons (Fsp3) is 0.462. The highest BCUT2D eigenvalue weighted by atomic mass is 16.5. The Kier molecular flexibility index (Phi) is 3.25. The van der Waals surface area contributed by atoms with Crippen LogP contribution in [0.15, 0.2) is 30.3 Å². The Morgan fingerprint density at radius 2 is 2.06 bits per heavy atom. The maximum absolute atomic E-state index is 11.6. The zero-order chi connectivity index (χ0) is 11.5. The molecule has 1 saturated heterocycles. The van der Waals surface area contributed by atoms with Crippen LogP contribution in [0.1, 0.15) is 25.0 Å². The van der Waals surface area contributed by atoms with Crippen LogP contribution in [-0.4, -0.2) is 17.7 Å². The summed E-state index contributed by atoms with van der Waals surface area (Å²) in [5.41, 5.74) is 0.776. The molecule has 0 saturated carbocycles. The van der Waals surface area contributed by atoms with Crippen molar-refractivity contribution in [3.63, 3.8) is 0 Å². The fourth-order valence-corrected chi connectivity index (χ4v) is 2.15. The third-order valence-electron chi connectivity index (χ3n) is 3.18. The number of esters is 1. The zero-order valence-corrected chi connectivity index (χ0v) is 9.30. The van der Waals surface area contributed by atoms with Crippen LogP contribution < -0.4 is 0 Å². The maximum atomic E-state index is 11.6. The molecule has 0 aliphatic carbocycles. The number of ether oxygens (including phenoxy) is 1. The Bertz CT molecular complexity index is 361. The molecule has 1 aliphatic rings. The van der Waals surface area contributed by atoms with Crippen LogP contribution in [0.4, 0.5) is 0 Å². The number of hydrogen-bond acceptors (Lipinski definition) is 3. The number of carbonyl (C=O) groups excluding carboxylic acids is 1. The highest BCUT2D eigenvalue weighted by Gasteiger charge is 2.37. The highest BCUT2D eigenvalue weighted by Crippen LogP contribution is 2.33. The van der Waals surface area contributed by atoms with Crippen molar-refractivity contribution in [2.24, 2.45) is 11.8 Å². The summed E-state index contributed by atoms with van der Waals surface area (Å²) in [6.07, 6.45) is 0.0596. The van der Waals surface area contributed by atoms with Crippen LogP contribution in [0.2, 0.25) is 0 Å². The van der Waals surface area contributed by atoms with Crippen molar-refractivity contribution in [2.45, 2.75) is 19.4 Å². The molecule has 1 aliphatic heterocycles. The van der Waals surface area contributed by atoms with Crippen molar-refractivity contribution < 1.29 is 14.6 Å². The first kappa shape index (κ1) is 11.1. The minimum absolute atomic E-state index is 0.163.